The first kappa shape index (κ1) is 16.3. The van der Waals surface area contributed by atoms with Crippen LogP contribution in [0.3, 0.4) is 0 Å². The third kappa shape index (κ3) is 3.06. The molecule has 1 heterocycles. The molecule has 0 bridgehead atoms. The van der Waals surface area contributed by atoms with Crippen molar-refractivity contribution >= 4 is 23.2 Å². The largest absolute Gasteiger partial charge is 0.319 e. The van der Waals surface area contributed by atoms with E-state index in [9.17, 15) is 22.4 Å². The van der Waals surface area contributed by atoms with E-state index in [0.717, 1.165) is 0 Å². The van der Waals surface area contributed by atoms with Crippen LogP contribution in [-0.2, 0) is 4.79 Å². The van der Waals surface area contributed by atoms with E-state index in [-0.39, 0.29) is 17.5 Å². The third-order valence-corrected chi connectivity index (χ3v) is 3.13. The second-order valence-electron chi connectivity index (χ2n) is 4.40. The predicted molar refractivity (Wildman–Crippen MR) is 71.5 cm³/mol. The van der Waals surface area contributed by atoms with Crippen LogP contribution in [0.15, 0.2) is 18.5 Å². The standard InChI is InChI=1S/C13H10ClF4N3O/c1-2-9(21-5-6(14)4-19-21)13(22)20-12-10(17)7(15)3-8(16)11(12)18/h3-5,9H,2H2,1H3,(H,20,22). The number of hydrogen-bond donors (Lipinski definition) is 1. The van der Waals surface area contributed by atoms with Crippen molar-refractivity contribution in [2.24, 2.45) is 0 Å². The van der Waals surface area contributed by atoms with Crippen LogP contribution in [0.25, 0.3) is 0 Å². The monoisotopic (exact) mass is 335 g/mol. The molecular formula is C13H10ClF4N3O. The average Bonchev–Trinajstić information content (AvgIpc) is 2.88. The minimum absolute atomic E-state index is 0.0604. The smallest absolute Gasteiger partial charge is 0.249 e. The van der Waals surface area contributed by atoms with E-state index in [1.165, 1.54) is 17.1 Å². The number of rotatable bonds is 4. The molecule has 0 radical (unpaired) electrons. The molecule has 1 N–H and O–H groups in total. The molecule has 0 aliphatic heterocycles. The summed E-state index contributed by atoms with van der Waals surface area (Å²) in [6, 6.07) is -0.886. The number of nitrogens with one attached hydrogen (secondary N) is 1. The zero-order chi connectivity index (χ0) is 16.4. The summed E-state index contributed by atoms with van der Waals surface area (Å²) < 4.78 is 54.5. The lowest BCUT2D eigenvalue weighted by Crippen LogP contribution is -2.27. The first-order valence-electron chi connectivity index (χ1n) is 6.18. The van der Waals surface area contributed by atoms with Crippen LogP contribution >= 0.6 is 11.6 Å². The summed E-state index contributed by atoms with van der Waals surface area (Å²) in [5, 5.41) is 5.93. The number of benzene rings is 1. The molecule has 0 aliphatic carbocycles. The van der Waals surface area contributed by atoms with Crippen LogP contribution < -0.4 is 5.32 Å². The third-order valence-electron chi connectivity index (χ3n) is 2.94. The predicted octanol–water partition coefficient (Wildman–Crippen LogP) is 3.68. The van der Waals surface area contributed by atoms with Crippen LogP contribution in [0.4, 0.5) is 23.2 Å². The maximum absolute atomic E-state index is 13.5. The molecule has 1 unspecified atom stereocenters. The Kier molecular flexibility index (Phi) is 4.70. The maximum Gasteiger partial charge on any atom is 0.249 e. The molecule has 0 fully saturated rings. The molecule has 1 aromatic carbocycles. The van der Waals surface area contributed by atoms with Gasteiger partial charge in [0.1, 0.15) is 11.7 Å². The topological polar surface area (TPSA) is 46.9 Å². The van der Waals surface area contributed by atoms with Gasteiger partial charge in [-0.15, -0.1) is 0 Å². The summed E-state index contributed by atoms with van der Waals surface area (Å²) in [6.45, 7) is 1.62. The van der Waals surface area contributed by atoms with E-state index >= 15 is 0 Å². The van der Waals surface area contributed by atoms with Crippen molar-refractivity contribution in [3.8, 4) is 0 Å². The highest BCUT2D eigenvalue weighted by molar-refractivity contribution is 6.30. The van der Waals surface area contributed by atoms with E-state index in [2.05, 4.69) is 5.10 Å². The van der Waals surface area contributed by atoms with Crippen LogP contribution in [0, 0.1) is 23.3 Å². The van der Waals surface area contributed by atoms with Gasteiger partial charge in [0.25, 0.3) is 0 Å². The lowest BCUT2D eigenvalue weighted by molar-refractivity contribution is -0.119. The molecule has 2 rings (SSSR count). The van der Waals surface area contributed by atoms with E-state index in [0.29, 0.717) is 0 Å². The Balaban J connectivity index is 2.32. The number of carbonyl (C=O) groups is 1. The van der Waals surface area contributed by atoms with Gasteiger partial charge < -0.3 is 5.32 Å². The summed E-state index contributed by atoms with van der Waals surface area (Å²) in [5.41, 5.74) is -1.18. The van der Waals surface area contributed by atoms with Crippen molar-refractivity contribution in [2.75, 3.05) is 5.32 Å². The fraction of sp³-hybridized carbons (Fsp3) is 0.231. The lowest BCUT2D eigenvalue weighted by Gasteiger charge is -2.16. The molecule has 0 saturated heterocycles. The van der Waals surface area contributed by atoms with Crippen molar-refractivity contribution in [1.29, 1.82) is 0 Å². The Morgan fingerprint density at radius 2 is 1.91 bits per heavy atom. The van der Waals surface area contributed by atoms with Gasteiger partial charge in [0.2, 0.25) is 5.91 Å². The normalized spacial score (nSPS) is 12.3. The van der Waals surface area contributed by atoms with E-state index < -0.39 is 40.9 Å². The van der Waals surface area contributed by atoms with Gasteiger partial charge in [0, 0.05) is 12.3 Å². The number of anilines is 1. The number of aromatic nitrogens is 2. The molecule has 4 nitrogen and oxygen atoms in total. The van der Waals surface area contributed by atoms with Crippen molar-refractivity contribution in [3.63, 3.8) is 0 Å². The number of amides is 1. The molecule has 0 aliphatic rings. The minimum Gasteiger partial charge on any atom is -0.319 e. The first-order valence-corrected chi connectivity index (χ1v) is 6.56. The molecule has 0 saturated carbocycles. The van der Waals surface area contributed by atoms with Crippen LogP contribution in [0.1, 0.15) is 19.4 Å². The minimum atomic E-state index is -1.68. The van der Waals surface area contributed by atoms with Gasteiger partial charge in [0.15, 0.2) is 23.3 Å². The van der Waals surface area contributed by atoms with Gasteiger partial charge in [-0.2, -0.15) is 5.10 Å². The van der Waals surface area contributed by atoms with Crippen LogP contribution in [-0.4, -0.2) is 15.7 Å². The molecule has 22 heavy (non-hydrogen) atoms. The van der Waals surface area contributed by atoms with E-state index in [4.69, 9.17) is 11.6 Å². The molecule has 1 atom stereocenters. The molecule has 1 amide bonds. The summed E-state index contributed by atoms with van der Waals surface area (Å²) in [7, 11) is 0. The van der Waals surface area contributed by atoms with Gasteiger partial charge >= 0.3 is 0 Å². The van der Waals surface area contributed by atoms with E-state index in [1.54, 1.807) is 6.92 Å². The van der Waals surface area contributed by atoms with Crippen molar-refractivity contribution in [3.05, 3.63) is 46.8 Å². The van der Waals surface area contributed by atoms with Crippen molar-refractivity contribution < 1.29 is 22.4 Å². The van der Waals surface area contributed by atoms with Crippen LogP contribution in [0.2, 0.25) is 5.02 Å². The SMILES string of the molecule is CCC(C(=O)Nc1c(F)c(F)cc(F)c1F)n1cc(Cl)cn1. The molecule has 0 spiro atoms. The highest BCUT2D eigenvalue weighted by Gasteiger charge is 2.25. The quantitative estimate of drug-likeness (QED) is 0.684. The summed E-state index contributed by atoms with van der Waals surface area (Å²) >= 11 is 5.68. The fourth-order valence-electron chi connectivity index (χ4n) is 1.87. The zero-order valence-corrected chi connectivity index (χ0v) is 12.0. The summed E-state index contributed by atoms with van der Waals surface area (Å²) in [4.78, 5) is 12.1. The number of halogens is 5. The van der Waals surface area contributed by atoms with Gasteiger partial charge in [-0.25, -0.2) is 17.6 Å². The van der Waals surface area contributed by atoms with Gasteiger partial charge in [-0.1, -0.05) is 18.5 Å². The first-order chi connectivity index (χ1) is 10.3. The molecule has 1 aromatic heterocycles. The molecular weight excluding hydrogens is 326 g/mol. The highest BCUT2D eigenvalue weighted by Crippen LogP contribution is 2.25. The van der Waals surface area contributed by atoms with Crippen LogP contribution in [0.5, 0.6) is 0 Å². The Hall–Kier alpha value is -2.09. The summed E-state index contributed by atoms with van der Waals surface area (Å²) in [5.74, 6) is -7.46. The zero-order valence-electron chi connectivity index (χ0n) is 11.2. The van der Waals surface area contributed by atoms with Crippen molar-refractivity contribution in [1.82, 2.24) is 9.78 Å². The Morgan fingerprint density at radius 3 is 2.36 bits per heavy atom. The number of nitrogens with zero attached hydrogens (tertiary/aromatic N) is 2. The van der Waals surface area contributed by atoms with Crippen molar-refractivity contribution in [2.45, 2.75) is 19.4 Å². The second-order valence-corrected chi connectivity index (χ2v) is 4.83. The molecule has 2 aromatic rings. The number of hydrogen-bond acceptors (Lipinski definition) is 2. The van der Waals surface area contributed by atoms with E-state index in [1.807, 2.05) is 5.32 Å². The second kappa shape index (κ2) is 6.35. The lowest BCUT2D eigenvalue weighted by atomic mass is 10.2. The Morgan fingerprint density at radius 1 is 1.32 bits per heavy atom. The summed E-state index contributed by atoms with van der Waals surface area (Å²) in [6.07, 6.45) is 2.83. The van der Waals surface area contributed by atoms with Gasteiger partial charge in [-0.05, 0) is 6.42 Å². The molecule has 9 heteroatoms. The fourth-order valence-corrected chi connectivity index (χ4v) is 2.01. The van der Waals surface area contributed by atoms with Gasteiger partial charge in [-0.3, -0.25) is 9.48 Å². The average molecular weight is 336 g/mol. The highest BCUT2D eigenvalue weighted by atomic mass is 35.5. The maximum atomic E-state index is 13.5. The molecule has 118 valence electrons. The number of carbonyl (C=O) groups excluding carboxylic acids is 1. The Labute approximate surface area is 127 Å². The Bertz CT molecular complexity index is 693. The van der Waals surface area contributed by atoms with Gasteiger partial charge in [0.05, 0.1) is 11.2 Å².